The average Bonchev–Trinajstić information content (AvgIpc) is 2.55. The van der Waals surface area contributed by atoms with Crippen molar-refractivity contribution in [2.75, 3.05) is 30.5 Å². The summed E-state index contributed by atoms with van der Waals surface area (Å²) in [4.78, 5) is 12.5. The van der Waals surface area contributed by atoms with Gasteiger partial charge >= 0.3 is 0 Å². The molecule has 2 aromatic carbocycles. The molecule has 1 amide bonds. The molecule has 25 heavy (non-hydrogen) atoms. The monoisotopic (exact) mass is 363 g/mol. The molecule has 0 radical (unpaired) electrons. The van der Waals surface area contributed by atoms with Crippen molar-refractivity contribution >= 4 is 21.4 Å². The molecule has 0 atom stereocenters. The molecular formula is C18H21NO5S. The highest BCUT2D eigenvalue weighted by Gasteiger charge is 2.12. The molecule has 0 unspecified atom stereocenters. The smallest absolute Gasteiger partial charge is 0.259 e. The van der Waals surface area contributed by atoms with Crippen LogP contribution in [-0.2, 0) is 9.84 Å². The van der Waals surface area contributed by atoms with E-state index in [0.717, 1.165) is 6.26 Å². The van der Waals surface area contributed by atoms with Crippen molar-refractivity contribution in [3.05, 3.63) is 54.1 Å². The van der Waals surface area contributed by atoms with Crippen molar-refractivity contribution in [3.8, 4) is 11.5 Å². The molecule has 0 aliphatic heterocycles. The maximum atomic E-state index is 12.5. The van der Waals surface area contributed by atoms with E-state index in [4.69, 9.17) is 9.47 Å². The summed E-state index contributed by atoms with van der Waals surface area (Å²) < 4.78 is 33.1. The van der Waals surface area contributed by atoms with E-state index in [1.807, 2.05) is 6.92 Å². The molecule has 134 valence electrons. The van der Waals surface area contributed by atoms with E-state index < -0.39 is 9.84 Å². The van der Waals surface area contributed by atoms with Gasteiger partial charge in [0.25, 0.3) is 5.91 Å². The van der Waals surface area contributed by atoms with E-state index in [-0.39, 0.29) is 18.3 Å². The van der Waals surface area contributed by atoms with Crippen LogP contribution in [0.15, 0.2) is 48.5 Å². The first-order valence-corrected chi connectivity index (χ1v) is 9.89. The van der Waals surface area contributed by atoms with Crippen LogP contribution < -0.4 is 14.8 Å². The second-order valence-corrected chi connectivity index (χ2v) is 7.65. The molecule has 7 heteroatoms. The number of benzene rings is 2. The molecule has 2 rings (SSSR count). The summed E-state index contributed by atoms with van der Waals surface area (Å²) in [5, 5.41) is 2.79. The fraction of sp³-hybridized carbons (Fsp3) is 0.278. The van der Waals surface area contributed by atoms with E-state index in [9.17, 15) is 13.2 Å². The number of rotatable bonds is 8. The van der Waals surface area contributed by atoms with E-state index in [2.05, 4.69) is 5.32 Å². The predicted molar refractivity (Wildman–Crippen MR) is 97.2 cm³/mol. The Hall–Kier alpha value is -2.54. The highest BCUT2D eigenvalue weighted by atomic mass is 32.2. The number of carbonyl (C=O) groups excluding carboxylic acids is 1. The Morgan fingerprint density at radius 1 is 1.08 bits per heavy atom. The van der Waals surface area contributed by atoms with E-state index in [0.29, 0.717) is 29.4 Å². The van der Waals surface area contributed by atoms with Gasteiger partial charge in [-0.1, -0.05) is 18.2 Å². The van der Waals surface area contributed by atoms with Gasteiger partial charge in [-0.15, -0.1) is 0 Å². The molecular weight excluding hydrogens is 342 g/mol. The highest BCUT2D eigenvalue weighted by molar-refractivity contribution is 7.90. The largest absolute Gasteiger partial charge is 0.493 e. The van der Waals surface area contributed by atoms with Gasteiger partial charge in [-0.2, -0.15) is 0 Å². The van der Waals surface area contributed by atoms with E-state index in [1.54, 1.807) is 48.5 Å². The van der Waals surface area contributed by atoms with Crippen molar-refractivity contribution < 1.29 is 22.7 Å². The van der Waals surface area contributed by atoms with Crippen molar-refractivity contribution in [3.63, 3.8) is 0 Å². The van der Waals surface area contributed by atoms with Gasteiger partial charge in [0.05, 0.1) is 17.9 Å². The molecule has 0 aliphatic rings. The highest BCUT2D eigenvalue weighted by Crippen LogP contribution is 2.22. The number of carbonyl (C=O) groups is 1. The normalized spacial score (nSPS) is 11.0. The molecule has 6 nitrogen and oxygen atoms in total. The average molecular weight is 363 g/mol. The number of para-hydroxylation sites is 1. The number of amides is 1. The summed E-state index contributed by atoms with van der Waals surface area (Å²) in [6, 6.07) is 13.8. The molecule has 0 spiro atoms. The zero-order valence-corrected chi connectivity index (χ0v) is 15.0. The third-order valence-corrected chi connectivity index (χ3v) is 4.15. The summed E-state index contributed by atoms with van der Waals surface area (Å²) in [7, 11) is -3.08. The van der Waals surface area contributed by atoms with Crippen LogP contribution in [0.25, 0.3) is 0 Å². The Labute approximate surface area is 147 Å². The number of anilines is 1. The molecule has 0 aliphatic carbocycles. The first kappa shape index (κ1) is 18.8. The summed E-state index contributed by atoms with van der Waals surface area (Å²) in [6.45, 7) is 2.38. The zero-order chi connectivity index (χ0) is 18.3. The fourth-order valence-corrected chi connectivity index (χ4v) is 2.49. The number of ether oxygens (including phenoxy) is 2. The molecule has 1 N–H and O–H groups in total. The van der Waals surface area contributed by atoms with Crippen LogP contribution >= 0.6 is 0 Å². The molecule has 2 aromatic rings. The van der Waals surface area contributed by atoms with Crippen LogP contribution in [0, 0.1) is 0 Å². The first-order chi connectivity index (χ1) is 11.9. The minimum Gasteiger partial charge on any atom is -0.493 e. The molecule has 0 fully saturated rings. The van der Waals surface area contributed by atoms with Crippen molar-refractivity contribution in [1.82, 2.24) is 0 Å². The lowest BCUT2D eigenvalue weighted by Crippen LogP contribution is -2.14. The maximum absolute atomic E-state index is 12.5. The summed E-state index contributed by atoms with van der Waals surface area (Å²) in [5.74, 6) is 0.644. The van der Waals surface area contributed by atoms with Gasteiger partial charge in [-0.05, 0) is 31.2 Å². The molecule has 0 bridgehead atoms. The lowest BCUT2D eigenvalue weighted by molar-refractivity contribution is 0.102. The first-order valence-electron chi connectivity index (χ1n) is 7.83. The summed E-state index contributed by atoms with van der Waals surface area (Å²) >= 11 is 0. The van der Waals surface area contributed by atoms with Crippen LogP contribution in [0.5, 0.6) is 11.5 Å². The standard InChI is InChI=1S/C18H21NO5S/c1-3-23-17-10-5-4-9-16(17)18(20)19-14-7-6-8-15(13-14)24-11-12-25(2,21)22/h4-10,13H,3,11-12H2,1-2H3,(H,19,20). The van der Waals surface area contributed by atoms with Gasteiger partial charge in [0.1, 0.15) is 18.1 Å². The van der Waals surface area contributed by atoms with Gasteiger partial charge in [0.2, 0.25) is 0 Å². The van der Waals surface area contributed by atoms with Crippen LogP contribution in [0.1, 0.15) is 17.3 Å². The van der Waals surface area contributed by atoms with E-state index in [1.165, 1.54) is 0 Å². The van der Waals surface area contributed by atoms with Crippen LogP contribution in [0.2, 0.25) is 0 Å². The van der Waals surface area contributed by atoms with Gasteiger partial charge in [-0.25, -0.2) is 8.42 Å². The van der Waals surface area contributed by atoms with Crippen LogP contribution in [-0.4, -0.2) is 39.5 Å². The van der Waals surface area contributed by atoms with Crippen LogP contribution in [0.4, 0.5) is 5.69 Å². The lowest BCUT2D eigenvalue weighted by atomic mass is 10.2. The lowest BCUT2D eigenvalue weighted by Gasteiger charge is -2.11. The Bertz CT molecular complexity index is 833. The van der Waals surface area contributed by atoms with Crippen molar-refractivity contribution in [2.24, 2.45) is 0 Å². The fourth-order valence-electron chi connectivity index (χ4n) is 2.11. The van der Waals surface area contributed by atoms with Gasteiger partial charge in [0, 0.05) is 18.0 Å². The third-order valence-electron chi connectivity index (χ3n) is 3.25. The minimum absolute atomic E-state index is 0.0589. The zero-order valence-electron chi connectivity index (χ0n) is 14.2. The Balaban J connectivity index is 2.05. The van der Waals surface area contributed by atoms with Crippen molar-refractivity contribution in [1.29, 1.82) is 0 Å². The quantitative estimate of drug-likeness (QED) is 0.780. The summed E-state index contributed by atoms with van der Waals surface area (Å²) in [6.07, 6.45) is 1.16. The number of hydrogen-bond acceptors (Lipinski definition) is 5. The topological polar surface area (TPSA) is 81.7 Å². The van der Waals surface area contributed by atoms with Gasteiger partial charge in [-0.3, -0.25) is 4.79 Å². The molecule has 0 aromatic heterocycles. The predicted octanol–water partition coefficient (Wildman–Crippen LogP) is 2.76. The molecule has 0 saturated heterocycles. The SMILES string of the molecule is CCOc1ccccc1C(=O)Nc1cccc(OCCS(C)(=O)=O)c1. The van der Waals surface area contributed by atoms with E-state index >= 15 is 0 Å². The number of sulfone groups is 1. The molecule has 0 heterocycles. The maximum Gasteiger partial charge on any atom is 0.259 e. The number of hydrogen-bond donors (Lipinski definition) is 1. The Morgan fingerprint density at radius 2 is 1.84 bits per heavy atom. The van der Waals surface area contributed by atoms with Gasteiger partial charge < -0.3 is 14.8 Å². The third kappa shape index (κ3) is 6.11. The molecule has 0 saturated carbocycles. The Morgan fingerprint density at radius 3 is 2.56 bits per heavy atom. The Kier molecular flexibility index (Phi) is 6.41. The second-order valence-electron chi connectivity index (χ2n) is 5.39. The number of nitrogens with one attached hydrogen (secondary N) is 1. The second kappa shape index (κ2) is 8.53. The van der Waals surface area contributed by atoms with Crippen LogP contribution in [0.3, 0.4) is 0 Å². The van der Waals surface area contributed by atoms with Crippen molar-refractivity contribution in [2.45, 2.75) is 6.92 Å². The minimum atomic E-state index is -3.08. The van der Waals surface area contributed by atoms with Gasteiger partial charge in [0.15, 0.2) is 9.84 Å². The summed E-state index contributed by atoms with van der Waals surface area (Å²) in [5.41, 5.74) is 0.987.